The molecule has 0 aromatic carbocycles. The van der Waals surface area contributed by atoms with E-state index in [0.717, 1.165) is 19.3 Å². The Labute approximate surface area is 109 Å². The van der Waals surface area contributed by atoms with Gasteiger partial charge in [-0.25, -0.2) is 0 Å². The molecule has 0 bridgehead atoms. The van der Waals surface area contributed by atoms with Gasteiger partial charge in [0, 0.05) is 12.0 Å². The Morgan fingerprint density at radius 3 is 2.33 bits per heavy atom. The van der Waals surface area contributed by atoms with Crippen LogP contribution < -0.4 is 5.32 Å². The molecule has 0 heterocycles. The molecule has 5 atom stereocenters. The van der Waals surface area contributed by atoms with Crippen LogP contribution in [0.1, 0.15) is 47.0 Å². The summed E-state index contributed by atoms with van der Waals surface area (Å²) < 4.78 is 0. The van der Waals surface area contributed by atoms with E-state index in [0.29, 0.717) is 11.8 Å². The molecule has 104 valence electrons. The number of rotatable bonds is 5. The molecule has 0 spiro atoms. The highest BCUT2D eigenvalue weighted by atomic mass is 16.4. The van der Waals surface area contributed by atoms with Crippen LogP contribution in [-0.2, 0) is 9.59 Å². The topological polar surface area (TPSA) is 66.4 Å². The summed E-state index contributed by atoms with van der Waals surface area (Å²) in [6.45, 7) is 7.63. The minimum absolute atomic E-state index is 0.126. The molecular weight excluding hydrogens is 230 g/mol. The van der Waals surface area contributed by atoms with Gasteiger partial charge in [-0.3, -0.25) is 9.59 Å². The summed E-state index contributed by atoms with van der Waals surface area (Å²) in [5.74, 6) is -0.977. The summed E-state index contributed by atoms with van der Waals surface area (Å²) in [5, 5.41) is 11.9. The average molecular weight is 255 g/mol. The molecule has 5 unspecified atom stereocenters. The van der Waals surface area contributed by atoms with Crippen molar-refractivity contribution in [2.75, 3.05) is 0 Å². The summed E-state index contributed by atoms with van der Waals surface area (Å²) in [6, 6.07) is 0.214. The van der Waals surface area contributed by atoms with Crippen molar-refractivity contribution in [1.29, 1.82) is 0 Å². The Balaban J connectivity index is 2.53. The van der Waals surface area contributed by atoms with Gasteiger partial charge in [0.1, 0.15) is 0 Å². The first-order valence-corrected chi connectivity index (χ1v) is 6.91. The predicted molar refractivity (Wildman–Crippen MR) is 70.1 cm³/mol. The van der Waals surface area contributed by atoms with Crippen LogP contribution in [0.2, 0.25) is 0 Å². The second-order valence-electron chi connectivity index (χ2n) is 5.64. The second kappa shape index (κ2) is 6.21. The summed E-state index contributed by atoms with van der Waals surface area (Å²) in [4.78, 5) is 22.9. The van der Waals surface area contributed by atoms with Gasteiger partial charge < -0.3 is 10.4 Å². The molecule has 4 heteroatoms. The van der Waals surface area contributed by atoms with Gasteiger partial charge in [0.25, 0.3) is 0 Å². The van der Waals surface area contributed by atoms with Gasteiger partial charge in [-0.2, -0.15) is 0 Å². The fraction of sp³-hybridized carbons (Fsp3) is 0.857. The number of nitrogens with one attached hydrogen (secondary N) is 1. The van der Waals surface area contributed by atoms with Gasteiger partial charge in [0.2, 0.25) is 5.91 Å². The zero-order valence-corrected chi connectivity index (χ0v) is 11.8. The van der Waals surface area contributed by atoms with Crippen molar-refractivity contribution in [2.45, 2.75) is 53.0 Å². The van der Waals surface area contributed by atoms with Gasteiger partial charge in [0.15, 0.2) is 0 Å². The number of carboxylic acid groups (broad SMARTS) is 1. The number of amides is 1. The molecule has 4 nitrogen and oxygen atoms in total. The average Bonchev–Trinajstić information content (AvgIpc) is 2.68. The highest BCUT2D eigenvalue weighted by Crippen LogP contribution is 2.34. The SMILES string of the molecule is CCC1CCC(NC(=O)C(C)C(C)C(=O)O)C1C. The van der Waals surface area contributed by atoms with Gasteiger partial charge in [-0.05, 0) is 24.7 Å². The highest BCUT2D eigenvalue weighted by molar-refractivity contribution is 5.84. The Kier molecular flexibility index (Phi) is 5.17. The first-order chi connectivity index (χ1) is 8.38. The number of hydrogen-bond acceptors (Lipinski definition) is 2. The number of carboxylic acids is 1. The van der Waals surface area contributed by atoms with Crippen molar-refractivity contribution in [3.05, 3.63) is 0 Å². The molecule has 0 saturated heterocycles. The van der Waals surface area contributed by atoms with Crippen molar-refractivity contribution in [1.82, 2.24) is 5.32 Å². The van der Waals surface area contributed by atoms with Crippen LogP contribution in [0.4, 0.5) is 0 Å². The maximum absolute atomic E-state index is 12.0. The lowest BCUT2D eigenvalue weighted by Gasteiger charge is -2.24. The Morgan fingerprint density at radius 1 is 1.28 bits per heavy atom. The molecule has 1 rings (SSSR count). The zero-order chi connectivity index (χ0) is 13.9. The minimum atomic E-state index is -0.913. The van der Waals surface area contributed by atoms with Crippen molar-refractivity contribution < 1.29 is 14.7 Å². The number of aliphatic carboxylic acids is 1. The molecule has 1 amide bonds. The van der Waals surface area contributed by atoms with Crippen LogP contribution in [0.5, 0.6) is 0 Å². The fourth-order valence-electron chi connectivity index (χ4n) is 2.78. The zero-order valence-electron chi connectivity index (χ0n) is 11.8. The molecule has 2 N–H and O–H groups in total. The van der Waals surface area contributed by atoms with Crippen molar-refractivity contribution in [3.63, 3.8) is 0 Å². The third-order valence-electron chi connectivity index (χ3n) is 4.63. The molecule has 0 aromatic heterocycles. The molecule has 1 fully saturated rings. The number of carbonyl (C=O) groups is 2. The monoisotopic (exact) mass is 255 g/mol. The lowest BCUT2D eigenvalue weighted by molar-refractivity contribution is -0.146. The lowest BCUT2D eigenvalue weighted by Crippen LogP contribution is -2.42. The Morgan fingerprint density at radius 2 is 1.89 bits per heavy atom. The van der Waals surface area contributed by atoms with E-state index in [4.69, 9.17) is 5.11 Å². The van der Waals surface area contributed by atoms with E-state index in [9.17, 15) is 9.59 Å². The Hall–Kier alpha value is -1.06. The third-order valence-corrected chi connectivity index (χ3v) is 4.63. The molecule has 1 aliphatic rings. The fourth-order valence-corrected chi connectivity index (χ4v) is 2.78. The molecule has 0 aromatic rings. The molecule has 1 saturated carbocycles. The van der Waals surface area contributed by atoms with Crippen LogP contribution >= 0.6 is 0 Å². The number of hydrogen-bond donors (Lipinski definition) is 2. The van der Waals surface area contributed by atoms with Crippen molar-refractivity contribution in [2.24, 2.45) is 23.7 Å². The third kappa shape index (κ3) is 3.24. The second-order valence-corrected chi connectivity index (χ2v) is 5.64. The van der Waals surface area contributed by atoms with Crippen LogP contribution in [0.15, 0.2) is 0 Å². The summed E-state index contributed by atoms with van der Waals surface area (Å²) in [5.41, 5.74) is 0. The van der Waals surface area contributed by atoms with Crippen LogP contribution in [0.3, 0.4) is 0 Å². The molecule has 0 aliphatic heterocycles. The largest absolute Gasteiger partial charge is 0.481 e. The maximum Gasteiger partial charge on any atom is 0.307 e. The Bertz CT molecular complexity index is 316. The highest BCUT2D eigenvalue weighted by Gasteiger charge is 2.34. The van der Waals surface area contributed by atoms with Crippen molar-refractivity contribution >= 4 is 11.9 Å². The maximum atomic E-state index is 12.0. The summed E-state index contributed by atoms with van der Waals surface area (Å²) in [7, 11) is 0. The van der Waals surface area contributed by atoms with Gasteiger partial charge in [0.05, 0.1) is 5.92 Å². The molecule has 0 radical (unpaired) electrons. The summed E-state index contributed by atoms with van der Waals surface area (Å²) >= 11 is 0. The van der Waals surface area contributed by atoms with Crippen LogP contribution in [0, 0.1) is 23.7 Å². The van der Waals surface area contributed by atoms with Gasteiger partial charge in [-0.15, -0.1) is 0 Å². The quantitative estimate of drug-likeness (QED) is 0.792. The van der Waals surface area contributed by atoms with E-state index in [1.165, 1.54) is 0 Å². The van der Waals surface area contributed by atoms with Crippen LogP contribution in [0.25, 0.3) is 0 Å². The summed E-state index contributed by atoms with van der Waals surface area (Å²) in [6.07, 6.45) is 3.32. The van der Waals surface area contributed by atoms with Crippen LogP contribution in [-0.4, -0.2) is 23.0 Å². The van der Waals surface area contributed by atoms with E-state index in [-0.39, 0.29) is 11.9 Å². The molecule has 1 aliphatic carbocycles. The normalized spacial score (nSPS) is 30.8. The lowest BCUT2D eigenvalue weighted by atomic mass is 9.92. The standard InChI is InChI=1S/C14H25NO3/c1-5-11-6-7-12(10(11)4)15-13(16)8(2)9(3)14(17)18/h8-12H,5-7H2,1-4H3,(H,15,16)(H,17,18). The first-order valence-electron chi connectivity index (χ1n) is 6.91. The smallest absolute Gasteiger partial charge is 0.307 e. The van der Waals surface area contributed by atoms with Gasteiger partial charge in [-0.1, -0.05) is 34.1 Å². The van der Waals surface area contributed by atoms with E-state index in [1.54, 1.807) is 13.8 Å². The van der Waals surface area contributed by atoms with E-state index < -0.39 is 17.8 Å². The minimum Gasteiger partial charge on any atom is -0.481 e. The van der Waals surface area contributed by atoms with E-state index in [1.807, 2.05) is 0 Å². The number of carbonyl (C=O) groups excluding carboxylic acids is 1. The first kappa shape index (κ1) is 15.0. The molecular formula is C14H25NO3. The molecule has 18 heavy (non-hydrogen) atoms. The predicted octanol–water partition coefficient (Wildman–Crippen LogP) is 2.28. The van der Waals surface area contributed by atoms with Crippen molar-refractivity contribution in [3.8, 4) is 0 Å². The van der Waals surface area contributed by atoms with E-state index >= 15 is 0 Å². The van der Waals surface area contributed by atoms with E-state index in [2.05, 4.69) is 19.2 Å². The van der Waals surface area contributed by atoms with Gasteiger partial charge >= 0.3 is 5.97 Å².